The maximum absolute atomic E-state index is 13.7. The third-order valence-electron chi connectivity index (χ3n) is 4.22. The van der Waals surface area contributed by atoms with Gasteiger partial charge in [0.05, 0.1) is 11.8 Å². The number of hydrogen-bond acceptors (Lipinski definition) is 3. The molecule has 2 aromatic carbocycles. The van der Waals surface area contributed by atoms with Crippen LogP contribution in [0.3, 0.4) is 0 Å². The molecule has 1 aliphatic heterocycles. The summed E-state index contributed by atoms with van der Waals surface area (Å²) in [6, 6.07) is 11.3. The minimum Gasteiger partial charge on any atom is -0.222 e. The number of nitrogens with zero attached hydrogens (tertiary/aromatic N) is 4. The van der Waals surface area contributed by atoms with Crippen LogP contribution in [0.15, 0.2) is 53.5 Å². The standard InChI is InChI=1S/C18H11F5N4/c19-12-7-6-11(8-13(12)20)15-9-14(10-4-2-1-3-5-10)24-17-25-16(18(21,22)23)26-27(15)17/h1-8,15H,9H2. The van der Waals surface area contributed by atoms with Crippen molar-refractivity contribution in [2.24, 2.45) is 4.99 Å². The summed E-state index contributed by atoms with van der Waals surface area (Å²) in [5.41, 5.74) is 1.46. The highest BCUT2D eigenvalue weighted by Gasteiger charge is 2.39. The van der Waals surface area contributed by atoms with Gasteiger partial charge in [0, 0.05) is 6.42 Å². The van der Waals surface area contributed by atoms with Gasteiger partial charge in [0.2, 0.25) is 5.95 Å². The molecule has 0 bridgehead atoms. The highest BCUT2D eigenvalue weighted by molar-refractivity contribution is 6.02. The molecule has 4 nitrogen and oxygen atoms in total. The van der Waals surface area contributed by atoms with Gasteiger partial charge in [0.1, 0.15) is 0 Å². The predicted molar refractivity (Wildman–Crippen MR) is 86.8 cm³/mol. The fourth-order valence-corrected chi connectivity index (χ4v) is 2.95. The summed E-state index contributed by atoms with van der Waals surface area (Å²) in [5, 5.41) is 3.52. The lowest BCUT2D eigenvalue weighted by molar-refractivity contribution is -0.145. The number of halogens is 5. The van der Waals surface area contributed by atoms with Crippen molar-refractivity contribution in [3.8, 4) is 0 Å². The Bertz CT molecular complexity index is 1020. The van der Waals surface area contributed by atoms with Gasteiger partial charge in [-0.25, -0.2) is 18.5 Å². The lowest BCUT2D eigenvalue weighted by Gasteiger charge is -2.24. The molecule has 138 valence electrons. The molecular weight excluding hydrogens is 367 g/mol. The van der Waals surface area contributed by atoms with Crippen LogP contribution in [0, 0.1) is 11.6 Å². The number of fused-ring (bicyclic) bond motifs is 1. The number of alkyl halides is 3. The molecule has 1 unspecified atom stereocenters. The third-order valence-corrected chi connectivity index (χ3v) is 4.22. The zero-order valence-corrected chi connectivity index (χ0v) is 13.6. The molecule has 0 N–H and O–H groups in total. The van der Waals surface area contributed by atoms with Gasteiger partial charge in [-0.15, -0.1) is 5.10 Å². The normalized spacial score (nSPS) is 16.8. The SMILES string of the molecule is Fc1ccc(C2CC(c3ccccc3)=Nc3nc(C(F)(F)F)nn32)cc1F. The molecule has 0 spiro atoms. The van der Waals surface area contributed by atoms with Crippen LogP contribution in [0.5, 0.6) is 0 Å². The second-order valence-electron chi connectivity index (χ2n) is 6.00. The van der Waals surface area contributed by atoms with Crippen LogP contribution >= 0.6 is 0 Å². The fraction of sp³-hybridized carbons (Fsp3) is 0.167. The molecule has 27 heavy (non-hydrogen) atoms. The molecule has 0 amide bonds. The molecule has 0 radical (unpaired) electrons. The van der Waals surface area contributed by atoms with E-state index in [9.17, 15) is 22.0 Å². The van der Waals surface area contributed by atoms with Crippen LogP contribution in [0.25, 0.3) is 0 Å². The Hall–Kier alpha value is -3.10. The van der Waals surface area contributed by atoms with E-state index in [0.29, 0.717) is 11.3 Å². The van der Waals surface area contributed by atoms with Gasteiger partial charge in [-0.05, 0) is 23.3 Å². The Balaban J connectivity index is 1.86. The lowest BCUT2D eigenvalue weighted by atomic mass is 9.96. The van der Waals surface area contributed by atoms with Gasteiger partial charge in [0.25, 0.3) is 5.82 Å². The van der Waals surface area contributed by atoms with Crippen molar-refractivity contribution >= 4 is 11.7 Å². The molecule has 0 fully saturated rings. The summed E-state index contributed by atoms with van der Waals surface area (Å²) in [6.07, 6.45) is -4.59. The quantitative estimate of drug-likeness (QED) is 0.608. The van der Waals surface area contributed by atoms with Gasteiger partial charge >= 0.3 is 6.18 Å². The minimum atomic E-state index is -4.74. The monoisotopic (exact) mass is 378 g/mol. The zero-order chi connectivity index (χ0) is 19.2. The maximum Gasteiger partial charge on any atom is 0.453 e. The highest BCUT2D eigenvalue weighted by atomic mass is 19.4. The first kappa shape index (κ1) is 17.3. The molecule has 9 heteroatoms. The molecule has 0 saturated heterocycles. The molecule has 1 atom stereocenters. The molecular formula is C18H11F5N4. The van der Waals surface area contributed by atoms with E-state index < -0.39 is 29.7 Å². The van der Waals surface area contributed by atoms with Crippen LogP contribution < -0.4 is 0 Å². The van der Waals surface area contributed by atoms with Crippen molar-refractivity contribution in [3.63, 3.8) is 0 Å². The number of rotatable bonds is 2. The van der Waals surface area contributed by atoms with Crippen molar-refractivity contribution in [1.29, 1.82) is 0 Å². The van der Waals surface area contributed by atoms with Crippen molar-refractivity contribution in [3.05, 3.63) is 77.1 Å². The van der Waals surface area contributed by atoms with E-state index >= 15 is 0 Å². The van der Waals surface area contributed by atoms with E-state index in [1.165, 1.54) is 6.07 Å². The lowest BCUT2D eigenvalue weighted by Crippen LogP contribution is -2.22. The topological polar surface area (TPSA) is 43.1 Å². The molecule has 1 aliphatic rings. The second kappa shape index (κ2) is 6.26. The predicted octanol–water partition coefficient (Wildman–Crippen LogP) is 4.69. The summed E-state index contributed by atoms with van der Waals surface area (Å²) >= 11 is 0. The van der Waals surface area contributed by atoms with E-state index in [2.05, 4.69) is 15.1 Å². The first-order chi connectivity index (χ1) is 12.8. The van der Waals surface area contributed by atoms with Gasteiger partial charge in [-0.3, -0.25) is 0 Å². The highest BCUT2D eigenvalue weighted by Crippen LogP contribution is 2.36. The fourth-order valence-electron chi connectivity index (χ4n) is 2.95. The molecule has 1 aromatic heterocycles. The first-order valence-electron chi connectivity index (χ1n) is 7.94. The van der Waals surface area contributed by atoms with Crippen LogP contribution in [0.4, 0.5) is 27.9 Å². The number of hydrogen-bond donors (Lipinski definition) is 0. The van der Waals surface area contributed by atoms with Crippen LogP contribution in [-0.4, -0.2) is 20.5 Å². The van der Waals surface area contributed by atoms with Crippen LogP contribution in [0.1, 0.15) is 29.4 Å². The molecule has 3 aromatic rings. The molecule has 0 saturated carbocycles. The van der Waals surface area contributed by atoms with Gasteiger partial charge in [-0.1, -0.05) is 36.4 Å². The van der Waals surface area contributed by atoms with Gasteiger partial charge in [-0.2, -0.15) is 18.2 Å². The second-order valence-corrected chi connectivity index (χ2v) is 6.00. The number of aromatic nitrogens is 3. The Labute approximate surface area is 150 Å². The molecule has 0 aliphatic carbocycles. The molecule has 4 rings (SSSR count). The van der Waals surface area contributed by atoms with E-state index in [-0.39, 0.29) is 17.9 Å². The minimum absolute atomic E-state index is 0.155. The smallest absolute Gasteiger partial charge is 0.222 e. The largest absolute Gasteiger partial charge is 0.453 e. The van der Waals surface area contributed by atoms with Crippen molar-refractivity contribution < 1.29 is 22.0 Å². The number of aliphatic imine (C=N–C) groups is 1. The first-order valence-corrected chi connectivity index (χ1v) is 7.94. The van der Waals surface area contributed by atoms with Crippen molar-refractivity contribution in [2.45, 2.75) is 18.6 Å². The average Bonchev–Trinajstić information content (AvgIpc) is 3.08. The zero-order valence-electron chi connectivity index (χ0n) is 13.6. The molecule has 2 heterocycles. The Morgan fingerprint density at radius 1 is 0.963 bits per heavy atom. The maximum atomic E-state index is 13.7. The van der Waals surface area contributed by atoms with E-state index in [1.54, 1.807) is 30.3 Å². The Morgan fingerprint density at radius 3 is 2.37 bits per heavy atom. The van der Waals surface area contributed by atoms with Gasteiger partial charge < -0.3 is 0 Å². The summed E-state index contributed by atoms with van der Waals surface area (Å²) in [6.45, 7) is 0. The van der Waals surface area contributed by atoms with E-state index in [0.717, 1.165) is 16.8 Å². The van der Waals surface area contributed by atoms with E-state index in [1.807, 2.05) is 0 Å². The average molecular weight is 378 g/mol. The summed E-state index contributed by atoms with van der Waals surface area (Å²) in [7, 11) is 0. The summed E-state index contributed by atoms with van der Waals surface area (Å²) in [5.74, 6) is -3.69. The van der Waals surface area contributed by atoms with E-state index in [4.69, 9.17) is 0 Å². The van der Waals surface area contributed by atoms with Crippen LogP contribution in [-0.2, 0) is 6.18 Å². The number of benzene rings is 2. The third kappa shape index (κ3) is 3.20. The summed E-state index contributed by atoms with van der Waals surface area (Å²) < 4.78 is 67.1. The van der Waals surface area contributed by atoms with Crippen molar-refractivity contribution in [2.75, 3.05) is 0 Å². The van der Waals surface area contributed by atoms with Gasteiger partial charge in [0.15, 0.2) is 11.6 Å². The van der Waals surface area contributed by atoms with Crippen molar-refractivity contribution in [1.82, 2.24) is 14.8 Å². The summed E-state index contributed by atoms with van der Waals surface area (Å²) in [4.78, 5) is 7.69. The Morgan fingerprint density at radius 2 is 1.70 bits per heavy atom. The Kier molecular flexibility index (Phi) is 4.01. The van der Waals surface area contributed by atoms with Crippen LogP contribution in [0.2, 0.25) is 0 Å².